The number of aryl methyl sites for hydroxylation is 1. The summed E-state index contributed by atoms with van der Waals surface area (Å²) in [5.41, 5.74) is 3.05. The first-order valence-corrected chi connectivity index (χ1v) is 5.40. The molecular weight excluding hydrogens is 214 g/mol. The second-order valence-electron chi connectivity index (χ2n) is 4.22. The Bertz CT molecular complexity index is 741. The highest BCUT2D eigenvalue weighted by Crippen LogP contribution is 2.33. The number of carbonyl (C=O) groups excluding carboxylic acids is 1. The van der Waals surface area contributed by atoms with Gasteiger partial charge in [0.05, 0.1) is 11.1 Å². The standard InChI is InChI=1S/C14H11NO2/c1-8-2-4-10-11-5-3-9(7-16)14(17)13(11)15-12(10)6-8/h2-7,15,17H,1H3. The number of benzene rings is 2. The number of rotatable bonds is 1. The number of fused-ring (bicyclic) bond motifs is 3. The fourth-order valence-electron chi connectivity index (χ4n) is 2.18. The summed E-state index contributed by atoms with van der Waals surface area (Å²) >= 11 is 0. The van der Waals surface area contributed by atoms with Gasteiger partial charge in [-0.1, -0.05) is 18.2 Å². The van der Waals surface area contributed by atoms with Gasteiger partial charge < -0.3 is 10.1 Å². The zero-order valence-electron chi connectivity index (χ0n) is 9.32. The molecule has 0 amide bonds. The molecular formula is C14H11NO2. The van der Waals surface area contributed by atoms with E-state index in [9.17, 15) is 9.90 Å². The molecule has 1 heterocycles. The molecule has 0 radical (unpaired) electrons. The van der Waals surface area contributed by atoms with Gasteiger partial charge in [0.2, 0.25) is 0 Å². The van der Waals surface area contributed by atoms with Gasteiger partial charge in [0, 0.05) is 16.3 Å². The highest BCUT2D eigenvalue weighted by molar-refractivity contribution is 6.10. The third-order valence-electron chi connectivity index (χ3n) is 3.06. The second-order valence-corrected chi connectivity index (χ2v) is 4.22. The zero-order valence-corrected chi connectivity index (χ0v) is 9.32. The van der Waals surface area contributed by atoms with Gasteiger partial charge in [0.1, 0.15) is 5.75 Å². The van der Waals surface area contributed by atoms with E-state index < -0.39 is 0 Å². The van der Waals surface area contributed by atoms with Crippen LogP contribution in [-0.2, 0) is 0 Å². The summed E-state index contributed by atoms with van der Waals surface area (Å²) in [7, 11) is 0. The number of hydrogen-bond acceptors (Lipinski definition) is 2. The summed E-state index contributed by atoms with van der Waals surface area (Å²) < 4.78 is 0. The van der Waals surface area contributed by atoms with Crippen molar-refractivity contribution in [1.29, 1.82) is 0 Å². The van der Waals surface area contributed by atoms with Crippen molar-refractivity contribution < 1.29 is 9.90 Å². The maximum absolute atomic E-state index is 10.8. The molecule has 3 aromatic rings. The van der Waals surface area contributed by atoms with Gasteiger partial charge in [-0.25, -0.2) is 0 Å². The first-order valence-electron chi connectivity index (χ1n) is 5.40. The van der Waals surface area contributed by atoms with Gasteiger partial charge in [-0.15, -0.1) is 0 Å². The quantitative estimate of drug-likeness (QED) is 0.625. The minimum absolute atomic E-state index is 0.0198. The fourth-order valence-corrected chi connectivity index (χ4v) is 2.18. The highest BCUT2D eigenvalue weighted by Gasteiger charge is 2.10. The first-order chi connectivity index (χ1) is 8.20. The molecule has 0 aliphatic heterocycles. The molecule has 3 nitrogen and oxygen atoms in total. The number of aromatic hydroxyl groups is 1. The lowest BCUT2D eigenvalue weighted by Gasteiger charge is -1.98. The number of aromatic nitrogens is 1. The molecule has 84 valence electrons. The summed E-state index contributed by atoms with van der Waals surface area (Å²) in [6, 6.07) is 9.56. The van der Waals surface area contributed by atoms with E-state index >= 15 is 0 Å². The van der Waals surface area contributed by atoms with Crippen LogP contribution in [0.1, 0.15) is 15.9 Å². The maximum atomic E-state index is 10.8. The molecule has 0 saturated heterocycles. The molecule has 17 heavy (non-hydrogen) atoms. The summed E-state index contributed by atoms with van der Waals surface area (Å²) in [6.45, 7) is 2.02. The van der Waals surface area contributed by atoms with Gasteiger partial charge in [-0.05, 0) is 24.6 Å². The highest BCUT2D eigenvalue weighted by atomic mass is 16.3. The van der Waals surface area contributed by atoms with Crippen molar-refractivity contribution >= 4 is 28.1 Å². The van der Waals surface area contributed by atoms with Crippen LogP contribution in [0.2, 0.25) is 0 Å². The fraction of sp³-hybridized carbons (Fsp3) is 0.0714. The van der Waals surface area contributed by atoms with Crippen LogP contribution in [0, 0.1) is 6.92 Å². The normalized spacial score (nSPS) is 11.1. The van der Waals surface area contributed by atoms with Gasteiger partial charge >= 0.3 is 0 Å². The number of phenols is 1. The number of nitrogens with one attached hydrogen (secondary N) is 1. The van der Waals surface area contributed by atoms with Crippen molar-refractivity contribution in [1.82, 2.24) is 4.98 Å². The van der Waals surface area contributed by atoms with Crippen LogP contribution in [0.25, 0.3) is 21.8 Å². The second kappa shape index (κ2) is 3.35. The molecule has 0 spiro atoms. The molecule has 0 bridgehead atoms. The Morgan fingerprint density at radius 2 is 1.94 bits per heavy atom. The molecule has 1 aromatic heterocycles. The van der Waals surface area contributed by atoms with E-state index in [0.717, 1.165) is 21.9 Å². The Morgan fingerprint density at radius 3 is 2.71 bits per heavy atom. The number of aromatic amines is 1. The molecule has 0 unspecified atom stereocenters. The Hall–Kier alpha value is -2.29. The van der Waals surface area contributed by atoms with Crippen molar-refractivity contribution in [2.24, 2.45) is 0 Å². The van der Waals surface area contributed by atoms with Gasteiger partial charge in [0.25, 0.3) is 0 Å². The van der Waals surface area contributed by atoms with Crippen molar-refractivity contribution in [2.45, 2.75) is 6.92 Å². The lowest BCUT2D eigenvalue weighted by atomic mass is 10.1. The topological polar surface area (TPSA) is 53.1 Å². The summed E-state index contributed by atoms with van der Waals surface area (Å²) in [6.07, 6.45) is 0.658. The lowest BCUT2D eigenvalue weighted by molar-refractivity contribution is 0.112. The summed E-state index contributed by atoms with van der Waals surface area (Å²) in [5.74, 6) is 0.0198. The van der Waals surface area contributed by atoms with E-state index in [1.54, 1.807) is 6.07 Å². The van der Waals surface area contributed by atoms with E-state index in [4.69, 9.17) is 0 Å². The Morgan fingerprint density at radius 1 is 1.18 bits per heavy atom. The molecule has 2 N–H and O–H groups in total. The number of aldehydes is 1. The maximum Gasteiger partial charge on any atom is 0.153 e. The Kier molecular flexibility index (Phi) is 1.95. The monoisotopic (exact) mass is 225 g/mol. The van der Waals surface area contributed by atoms with Gasteiger partial charge in [0.15, 0.2) is 6.29 Å². The number of carbonyl (C=O) groups is 1. The molecule has 0 aliphatic rings. The Labute approximate surface area is 97.7 Å². The largest absolute Gasteiger partial charge is 0.505 e. The number of H-pyrrole nitrogens is 1. The van der Waals surface area contributed by atoms with Crippen LogP contribution in [0.4, 0.5) is 0 Å². The van der Waals surface area contributed by atoms with Gasteiger partial charge in [-0.3, -0.25) is 4.79 Å². The van der Waals surface area contributed by atoms with Crippen LogP contribution < -0.4 is 0 Å². The van der Waals surface area contributed by atoms with E-state index in [-0.39, 0.29) is 5.75 Å². The third-order valence-corrected chi connectivity index (χ3v) is 3.06. The van der Waals surface area contributed by atoms with Crippen LogP contribution >= 0.6 is 0 Å². The van der Waals surface area contributed by atoms with Crippen LogP contribution in [-0.4, -0.2) is 16.4 Å². The predicted molar refractivity (Wildman–Crippen MR) is 67.6 cm³/mol. The average molecular weight is 225 g/mol. The molecule has 3 heteroatoms. The van der Waals surface area contributed by atoms with E-state index in [0.29, 0.717) is 17.4 Å². The summed E-state index contributed by atoms with van der Waals surface area (Å²) in [4.78, 5) is 13.9. The molecule has 0 saturated carbocycles. The van der Waals surface area contributed by atoms with Crippen LogP contribution in [0.15, 0.2) is 30.3 Å². The van der Waals surface area contributed by atoms with Crippen molar-refractivity contribution in [3.63, 3.8) is 0 Å². The van der Waals surface area contributed by atoms with Crippen LogP contribution in [0.3, 0.4) is 0 Å². The molecule has 0 fully saturated rings. The summed E-state index contributed by atoms with van der Waals surface area (Å²) in [5, 5.41) is 11.9. The first kappa shape index (κ1) is 9.90. The molecule has 0 aliphatic carbocycles. The molecule has 0 atom stereocenters. The zero-order chi connectivity index (χ0) is 12.0. The minimum Gasteiger partial charge on any atom is -0.505 e. The minimum atomic E-state index is 0.0198. The SMILES string of the molecule is Cc1ccc2c(c1)[nH]c1c(O)c(C=O)ccc12. The average Bonchev–Trinajstić information content (AvgIpc) is 2.68. The number of phenolic OH excluding ortho intramolecular Hbond substituents is 1. The van der Waals surface area contributed by atoms with E-state index in [1.165, 1.54) is 0 Å². The molecule has 2 aromatic carbocycles. The lowest BCUT2D eigenvalue weighted by Crippen LogP contribution is -1.81. The number of hydrogen-bond donors (Lipinski definition) is 2. The van der Waals surface area contributed by atoms with E-state index in [2.05, 4.69) is 4.98 Å². The Balaban J connectivity index is 2.50. The van der Waals surface area contributed by atoms with Gasteiger partial charge in [-0.2, -0.15) is 0 Å². The smallest absolute Gasteiger partial charge is 0.153 e. The molecule has 3 rings (SSSR count). The van der Waals surface area contributed by atoms with E-state index in [1.807, 2.05) is 31.2 Å². The van der Waals surface area contributed by atoms with Crippen molar-refractivity contribution in [3.8, 4) is 5.75 Å². The van der Waals surface area contributed by atoms with Crippen LogP contribution in [0.5, 0.6) is 5.75 Å². The van der Waals surface area contributed by atoms with Crippen molar-refractivity contribution in [2.75, 3.05) is 0 Å². The van der Waals surface area contributed by atoms with Crippen molar-refractivity contribution in [3.05, 3.63) is 41.5 Å². The predicted octanol–water partition coefficient (Wildman–Crippen LogP) is 3.15. The third kappa shape index (κ3) is 1.32.